The largest absolute Gasteiger partial charge is 0.472 e. The lowest BCUT2D eigenvalue weighted by Crippen LogP contribution is -2.30. The van der Waals surface area contributed by atoms with Gasteiger partial charge in [0.2, 0.25) is 0 Å². The molecule has 0 spiro atoms. The van der Waals surface area contributed by atoms with Crippen molar-refractivity contribution in [3.63, 3.8) is 0 Å². The summed E-state index contributed by atoms with van der Waals surface area (Å²) >= 11 is 0. The molecule has 0 aliphatic heterocycles. The smallest absolute Gasteiger partial charge is 0.462 e. The van der Waals surface area contributed by atoms with Gasteiger partial charge in [-0.1, -0.05) is 401 Å². The third-order valence-electron chi connectivity index (χ3n) is 20.1. The van der Waals surface area contributed by atoms with Gasteiger partial charge in [-0.05, 0) is 31.6 Å². The minimum atomic E-state index is -4.96. The van der Waals surface area contributed by atoms with Gasteiger partial charge in [-0.2, -0.15) is 0 Å². The normalized spacial score (nSPS) is 14.1. The van der Waals surface area contributed by atoms with E-state index in [-0.39, 0.29) is 25.7 Å². The predicted molar refractivity (Wildman–Crippen MR) is 423 cm³/mol. The van der Waals surface area contributed by atoms with Crippen molar-refractivity contribution in [2.75, 3.05) is 39.6 Å². The first-order chi connectivity index (χ1) is 50.1. The molecular formula is C84H164O17P2. The lowest BCUT2D eigenvalue weighted by molar-refractivity contribution is -0.161. The summed E-state index contributed by atoms with van der Waals surface area (Å²) < 4.78 is 68.8. The number of aliphatic hydroxyl groups is 1. The maximum absolute atomic E-state index is 13.1. The Bertz CT molecular complexity index is 1960. The van der Waals surface area contributed by atoms with E-state index in [0.29, 0.717) is 25.7 Å². The van der Waals surface area contributed by atoms with Crippen LogP contribution in [0.4, 0.5) is 0 Å². The second-order valence-corrected chi connectivity index (χ2v) is 33.4. The van der Waals surface area contributed by atoms with E-state index in [1.165, 1.54) is 276 Å². The Hall–Kier alpha value is -1.94. The molecular weight excluding hydrogens is 1340 g/mol. The Morgan fingerprint density at radius 1 is 0.272 bits per heavy atom. The second kappa shape index (κ2) is 76.8. The van der Waals surface area contributed by atoms with Crippen LogP contribution < -0.4 is 0 Å². The van der Waals surface area contributed by atoms with Gasteiger partial charge < -0.3 is 33.8 Å². The number of aliphatic hydroxyl groups excluding tert-OH is 1. The highest BCUT2D eigenvalue weighted by molar-refractivity contribution is 7.47. The highest BCUT2D eigenvalue weighted by atomic mass is 31.2. The molecule has 0 aromatic carbocycles. The Kier molecular flexibility index (Phi) is 75.4. The molecule has 0 bridgehead atoms. The number of hydrogen-bond acceptors (Lipinski definition) is 15. The van der Waals surface area contributed by atoms with E-state index >= 15 is 0 Å². The van der Waals surface area contributed by atoms with Crippen LogP contribution in [0.15, 0.2) is 0 Å². The van der Waals surface area contributed by atoms with Crippen LogP contribution >= 0.6 is 15.6 Å². The molecule has 0 amide bonds. The zero-order valence-corrected chi connectivity index (χ0v) is 69.3. The number of esters is 4. The van der Waals surface area contributed by atoms with Crippen LogP contribution in [0.3, 0.4) is 0 Å². The summed E-state index contributed by atoms with van der Waals surface area (Å²) in [5, 5.41) is 10.7. The molecule has 0 rings (SSSR count). The average molecular weight is 1510 g/mol. The standard InChI is InChI=1S/C84H164O17P2/c1-6-10-13-16-19-22-25-27-29-31-33-35-37-39-42-48-53-58-63-68-82(87)95-74-79(100-83(88)69-64-59-54-49-43-40-38-36-34-32-30-28-26-23-20-17-14-11-7-2)75-98-102(90,91)96-71-78(85)72-97-103(92,93)99-76-80(73-94-81(86)67-62-57-52-47-41-24-21-18-15-12-8-3)101-84(89)70-65-60-55-50-45-44-46-51-56-61-66-77(5)9-4/h77-80,85H,6-76H2,1-5H3,(H,90,91)(H,92,93)/t77?,78-,79-,80-/m1/s1. The van der Waals surface area contributed by atoms with Crippen LogP contribution in [-0.4, -0.2) is 96.7 Å². The Morgan fingerprint density at radius 2 is 0.466 bits per heavy atom. The van der Waals surface area contributed by atoms with Gasteiger partial charge in [-0.15, -0.1) is 0 Å². The van der Waals surface area contributed by atoms with Crippen molar-refractivity contribution in [3.05, 3.63) is 0 Å². The molecule has 3 N–H and O–H groups in total. The number of unbranched alkanes of at least 4 members (excludes halogenated alkanes) is 55. The summed E-state index contributed by atoms with van der Waals surface area (Å²) in [4.78, 5) is 73.1. The van der Waals surface area contributed by atoms with Gasteiger partial charge in [0.1, 0.15) is 19.3 Å². The number of phosphoric ester groups is 2. The number of phosphoric acid groups is 2. The zero-order valence-electron chi connectivity index (χ0n) is 67.5. The number of hydrogen-bond donors (Lipinski definition) is 3. The summed E-state index contributed by atoms with van der Waals surface area (Å²) in [6.45, 7) is 7.37. The van der Waals surface area contributed by atoms with Crippen LogP contribution in [0.25, 0.3) is 0 Å². The SMILES string of the molecule is CCCCCCCCCCCCCCCCCCCCCC(=O)OC[C@H](COP(=O)(O)OC[C@@H](O)COP(=O)(O)OC[C@@H](COC(=O)CCCCCCCCCCCCC)OC(=O)CCCCCCCCCCCCC(C)CC)OC(=O)CCCCCCCCCCCCCCCCCCCCC. The van der Waals surface area contributed by atoms with E-state index in [1.807, 2.05) is 0 Å². The fourth-order valence-corrected chi connectivity index (χ4v) is 14.7. The number of carbonyl (C=O) groups is 4. The van der Waals surface area contributed by atoms with Crippen LogP contribution in [0, 0.1) is 5.92 Å². The minimum Gasteiger partial charge on any atom is -0.462 e. The number of ether oxygens (including phenoxy) is 4. The highest BCUT2D eigenvalue weighted by Crippen LogP contribution is 2.45. The fourth-order valence-electron chi connectivity index (χ4n) is 13.1. The predicted octanol–water partition coefficient (Wildman–Crippen LogP) is 25.6. The van der Waals surface area contributed by atoms with Gasteiger partial charge in [0.25, 0.3) is 0 Å². The maximum atomic E-state index is 13.1. The summed E-state index contributed by atoms with van der Waals surface area (Å²) in [5.41, 5.74) is 0. The van der Waals surface area contributed by atoms with Gasteiger partial charge in [-0.3, -0.25) is 37.3 Å². The lowest BCUT2D eigenvalue weighted by atomic mass is 9.99. The molecule has 3 unspecified atom stereocenters. The monoisotopic (exact) mass is 1510 g/mol. The lowest BCUT2D eigenvalue weighted by Gasteiger charge is -2.21. The van der Waals surface area contributed by atoms with Crippen molar-refractivity contribution in [1.29, 1.82) is 0 Å². The molecule has 0 aliphatic rings. The van der Waals surface area contributed by atoms with Gasteiger partial charge in [0.15, 0.2) is 12.2 Å². The van der Waals surface area contributed by atoms with Crippen molar-refractivity contribution < 1.29 is 80.2 Å². The Labute approximate surface area is 632 Å². The van der Waals surface area contributed by atoms with Crippen molar-refractivity contribution in [1.82, 2.24) is 0 Å². The average Bonchev–Trinajstić information content (AvgIpc) is 0.907. The van der Waals surface area contributed by atoms with E-state index in [9.17, 15) is 43.2 Å². The van der Waals surface area contributed by atoms with Gasteiger partial charge in [0, 0.05) is 25.7 Å². The first kappa shape index (κ1) is 101. The first-order valence-corrected chi connectivity index (χ1v) is 46.7. The maximum Gasteiger partial charge on any atom is 0.472 e. The van der Waals surface area contributed by atoms with Crippen LogP contribution in [0.5, 0.6) is 0 Å². The van der Waals surface area contributed by atoms with Crippen molar-refractivity contribution in [2.45, 2.75) is 470 Å². The molecule has 0 aliphatic carbocycles. The van der Waals surface area contributed by atoms with Gasteiger partial charge in [0.05, 0.1) is 26.4 Å². The molecule has 19 heteroatoms. The van der Waals surface area contributed by atoms with E-state index in [1.54, 1.807) is 0 Å². The quantitative estimate of drug-likeness (QED) is 0.0222. The summed E-state index contributed by atoms with van der Waals surface area (Å²) in [6.07, 6.45) is 69.3. The molecule has 103 heavy (non-hydrogen) atoms. The number of rotatable bonds is 84. The molecule has 0 aromatic heterocycles. The molecule has 0 aromatic rings. The van der Waals surface area contributed by atoms with Crippen molar-refractivity contribution >= 4 is 39.5 Å². The third-order valence-corrected chi connectivity index (χ3v) is 22.0. The molecule has 6 atom stereocenters. The first-order valence-electron chi connectivity index (χ1n) is 43.7. The zero-order chi connectivity index (χ0) is 75.5. The van der Waals surface area contributed by atoms with E-state index in [4.69, 9.17) is 37.0 Å². The van der Waals surface area contributed by atoms with Gasteiger partial charge in [-0.25, -0.2) is 9.13 Å². The van der Waals surface area contributed by atoms with Crippen molar-refractivity contribution in [2.24, 2.45) is 5.92 Å². The fraction of sp³-hybridized carbons (Fsp3) is 0.952. The molecule has 0 fully saturated rings. The summed E-state index contributed by atoms with van der Waals surface area (Å²) in [6, 6.07) is 0. The molecule has 0 saturated carbocycles. The molecule has 612 valence electrons. The van der Waals surface area contributed by atoms with E-state index in [2.05, 4.69) is 34.6 Å². The van der Waals surface area contributed by atoms with Crippen LogP contribution in [0.1, 0.15) is 452 Å². The molecule has 0 heterocycles. The summed E-state index contributed by atoms with van der Waals surface area (Å²) in [5.74, 6) is -1.30. The molecule has 17 nitrogen and oxygen atoms in total. The minimum absolute atomic E-state index is 0.107. The van der Waals surface area contributed by atoms with Crippen molar-refractivity contribution in [3.8, 4) is 0 Å². The van der Waals surface area contributed by atoms with E-state index < -0.39 is 97.5 Å². The molecule has 0 saturated heterocycles. The molecule has 0 radical (unpaired) electrons. The van der Waals surface area contributed by atoms with E-state index in [0.717, 1.165) is 95.8 Å². The van der Waals surface area contributed by atoms with Crippen LogP contribution in [-0.2, 0) is 65.4 Å². The Morgan fingerprint density at radius 3 is 0.689 bits per heavy atom. The summed E-state index contributed by atoms with van der Waals surface area (Å²) in [7, 11) is -9.92. The second-order valence-electron chi connectivity index (χ2n) is 30.5. The van der Waals surface area contributed by atoms with Crippen LogP contribution in [0.2, 0.25) is 0 Å². The Balaban J connectivity index is 5.24. The van der Waals surface area contributed by atoms with Gasteiger partial charge >= 0.3 is 39.5 Å². The third kappa shape index (κ3) is 76.6. The topological polar surface area (TPSA) is 237 Å². The highest BCUT2D eigenvalue weighted by Gasteiger charge is 2.30. The number of carbonyl (C=O) groups excluding carboxylic acids is 4.